The molecule has 0 fully saturated rings. The highest BCUT2D eigenvalue weighted by molar-refractivity contribution is 6.32. The molecule has 1 heterocycles. The number of hydrogen-bond donors (Lipinski definition) is 1. The van der Waals surface area contributed by atoms with Gasteiger partial charge in [-0.2, -0.15) is 0 Å². The number of benzene rings is 2. The van der Waals surface area contributed by atoms with Crippen molar-refractivity contribution >= 4 is 34.9 Å². The lowest BCUT2D eigenvalue weighted by Gasteiger charge is -2.24. The number of fused-ring (bicyclic) bond motifs is 1. The number of para-hydroxylation sites is 2. The van der Waals surface area contributed by atoms with E-state index in [9.17, 15) is 19.7 Å². The number of carbonyl (C=O) groups is 2. The minimum atomic E-state index is -0.996. The molecule has 2 aromatic rings. The summed E-state index contributed by atoms with van der Waals surface area (Å²) in [5.74, 6) is -0.508. The average Bonchev–Trinajstić information content (AvgIpc) is 2.67. The molecule has 9 nitrogen and oxygen atoms in total. The van der Waals surface area contributed by atoms with E-state index >= 15 is 0 Å². The lowest BCUT2D eigenvalue weighted by molar-refractivity contribution is -0.384. The van der Waals surface area contributed by atoms with E-state index in [0.717, 1.165) is 6.07 Å². The van der Waals surface area contributed by atoms with E-state index in [1.807, 2.05) is 0 Å². The third-order valence-electron chi connectivity index (χ3n) is 3.54. The normalized spacial score (nSPS) is 14.9. The molecule has 10 heteroatoms. The first kappa shape index (κ1) is 18.5. The Hall–Kier alpha value is -3.33. The van der Waals surface area contributed by atoms with Crippen LogP contribution in [0.5, 0.6) is 11.5 Å². The van der Waals surface area contributed by atoms with Gasteiger partial charge < -0.3 is 19.5 Å². The van der Waals surface area contributed by atoms with Crippen molar-refractivity contribution in [2.45, 2.75) is 6.10 Å². The summed E-state index contributed by atoms with van der Waals surface area (Å²) in [7, 11) is 0. The molecule has 27 heavy (non-hydrogen) atoms. The first-order valence-corrected chi connectivity index (χ1v) is 8.11. The summed E-state index contributed by atoms with van der Waals surface area (Å²) in [6.45, 7) is -0.627. The summed E-state index contributed by atoms with van der Waals surface area (Å²) in [4.78, 5) is 34.1. The number of rotatable bonds is 5. The highest BCUT2D eigenvalue weighted by atomic mass is 35.5. The van der Waals surface area contributed by atoms with E-state index in [2.05, 4.69) is 5.32 Å². The first-order chi connectivity index (χ1) is 12.9. The third-order valence-corrected chi connectivity index (χ3v) is 3.86. The standard InChI is InChI=1S/C17H13ClN2O7/c18-11-6-5-10(7-12(11)20(23)24)19-16(21)9-26-17(22)15-8-25-13-3-1-2-4-14(13)27-15/h1-7,15H,8-9H2,(H,19,21)/t15-/m1/s1. The van der Waals surface area contributed by atoms with Crippen LogP contribution >= 0.6 is 11.6 Å². The Morgan fingerprint density at radius 3 is 2.74 bits per heavy atom. The molecule has 1 atom stereocenters. The highest BCUT2D eigenvalue weighted by Crippen LogP contribution is 2.31. The maximum Gasteiger partial charge on any atom is 0.351 e. The van der Waals surface area contributed by atoms with Gasteiger partial charge in [-0.3, -0.25) is 14.9 Å². The molecule has 0 bridgehead atoms. The Kier molecular flexibility index (Phi) is 5.41. The van der Waals surface area contributed by atoms with Gasteiger partial charge in [-0.1, -0.05) is 23.7 Å². The van der Waals surface area contributed by atoms with Gasteiger partial charge >= 0.3 is 5.97 Å². The number of amides is 1. The molecule has 1 aliphatic rings. The van der Waals surface area contributed by atoms with E-state index < -0.39 is 29.5 Å². The molecule has 0 aromatic heterocycles. The van der Waals surface area contributed by atoms with Gasteiger partial charge in [-0.05, 0) is 24.3 Å². The molecular weight excluding hydrogens is 380 g/mol. The van der Waals surface area contributed by atoms with Crippen LogP contribution < -0.4 is 14.8 Å². The zero-order valence-electron chi connectivity index (χ0n) is 13.7. The zero-order chi connectivity index (χ0) is 19.4. The molecular formula is C17H13ClN2O7. The summed E-state index contributed by atoms with van der Waals surface area (Å²) >= 11 is 5.70. The topological polar surface area (TPSA) is 117 Å². The second-order valence-corrected chi connectivity index (χ2v) is 5.85. The number of anilines is 1. The molecule has 0 unspecified atom stereocenters. The van der Waals surface area contributed by atoms with E-state index in [-0.39, 0.29) is 23.0 Å². The van der Waals surface area contributed by atoms with Gasteiger partial charge in [0.05, 0.1) is 4.92 Å². The van der Waals surface area contributed by atoms with E-state index in [0.29, 0.717) is 11.5 Å². The van der Waals surface area contributed by atoms with Crippen LogP contribution in [0, 0.1) is 10.1 Å². The fourth-order valence-corrected chi connectivity index (χ4v) is 2.48. The quantitative estimate of drug-likeness (QED) is 0.472. The minimum absolute atomic E-state index is 0.0408. The van der Waals surface area contributed by atoms with Crippen molar-refractivity contribution in [3.63, 3.8) is 0 Å². The van der Waals surface area contributed by atoms with Crippen molar-refractivity contribution in [3.8, 4) is 11.5 Å². The van der Waals surface area contributed by atoms with E-state index in [4.69, 9.17) is 25.8 Å². The first-order valence-electron chi connectivity index (χ1n) is 7.73. The second kappa shape index (κ2) is 7.92. The highest BCUT2D eigenvalue weighted by Gasteiger charge is 2.29. The number of ether oxygens (including phenoxy) is 3. The lowest BCUT2D eigenvalue weighted by Crippen LogP contribution is -2.39. The average molecular weight is 393 g/mol. The van der Waals surface area contributed by atoms with Crippen LogP contribution in [0.2, 0.25) is 5.02 Å². The molecule has 3 rings (SSSR count). The summed E-state index contributed by atoms with van der Waals surface area (Å²) in [5.41, 5.74) is -0.198. The van der Waals surface area contributed by atoms with Gasteiger partial charge in [0.15, 0.2) is 18.1 Å². The summed E-state index contributed by atoms with van der Waals surface area (Å²) in [5, 5.41) is 13.2. The Bertz CT molecular complexity index is 903. The van der Waals surface area contributed by atoms with Crippen molar-refractivity contribution in [2.75, 3.05) is 18.5 Å². The number of nitrogens with one attached hydrogen (secondary N) is 1. The maximum atomic E-state index is 12.0. The molecule has 0 spiro atoms. The molecule has 2 aromatic carbocycles. The van der Waals surface area contributed by atoms with Crippen molar-refractivity contribution in [1.82, 2.24) is 0 Å². The van der Waals surface area contributed by atoms with Crippen LogP contribution in [0.1, 0.15) is 0 Å². The Morgan fingerprint density at radius 1 is 1.26 bits per heavy atom. The van der Waals surface area contributed by atoms with E-state index in [1.54, 1.807) is 24.3 Å². The second-order valence-electron chi connectivity index (χ2n) is 5.44. The molecule has 0 aliphatic carbocycles. The van der Waals surface area contributed by atoms with Gasteiger partial charge in [0.1, 0.15) is 11.6 Å². The molecule has 0 saturated heterocycles. The van der Waals surface area contributed by atoms with Crippen LogP contribution in [0.4, 0.5) is 11.4 Å². The fraction of sp³-hybridized carbons (Fsp3) is 0.176. The number of nitro groups is 1. The Balaban J connectivity index is 1.53. The number of nitrogens with zero attached hydrogens (tertiary/aromatic N) is 1. The maximum absolute atomic E-state index is 12.0. The van der Waals surface area contributed by atoms with Crippen LogP contribution in [0.15, 0.2) is 42.5 Å². The monoisotopic (exact) mass is 392 g/mol. The number of esters is 1. The lowest BCUT2D eigenvalue weighted by atomic mass is 10.2. The SMILES string of the molecule is O=C(COC(=O)[C@H]1COc2ccccc2O1)Nc1ccc(Cl)c([N+](=O)[O-])c1. The molecule has 1 N–H and O–H groups in total. The van der Waals surface area contributed by atoms with Gasteiger partial charge in [0, 0.05) is 11.8 Å². The largest absolute Gasteiger partial charge is 0.485 e. The number of hydrogen-bond acceptors (Lipinski definition) is 7. The fourth-order valence-electron chi connectivity index (χ4n) is 2.29. The smallest absolute Gasteiger partial charge is 0.351 e. The molecule has 140 valence electrons. The van der Waals surface area contributed by atoms with Crippen molar-refractivity contribution < 1.29 is 28.7 Å². The third kappa shape index (κ3) is 4.45. The van der Waals surface area contributed by atoms with Crippen molar-refractivity contribution in [2.24, 2.45) is 0 Å². The number of carbonyl (C=O) groups excluding carboxylic acids is 2. The van der Waals surface area contributed by atoms with Crippen LogP contribution in [-0.2, 0) is 14.3 Å². The van der Waals surface area contributed by atoms with Gasteiger partial charge in [0.2, 0.25) is 6.10 Å². The molecule has 0 saturated carbocycles. The van der Waals surface area contributed by atoms with Crippen molar-refractivity contribution in [1.29, 1.82) is 0 Å². The predicted octanol–water partition coefficient (Wildman–Crippen LogP) is 2.57. The van der Waals surface area contributed by atoms with E-state index in [1.165, 1.54) is 12.1 Å². The predicted molar refractivity (Wildman–Crippen MR) is 94.0 cm³/mol. The van der Waals surface area contributed by atoms with Crippen molar-refractivity contribution in [3.05, 3.63) is 57.6 Å². The molecule has 1 amide bonds. The summed E-state index contributed by atoms with van der Waals surface area (Å²) < 4.78 is 15.8. The summed E-state index contributed by atoms with van der Waals surface area (Å²) in [6.07, 6.45) is -0.996. The Morgan fingerprint density at radius 2 is 2.00 bits per heavy atom. The van der Waals surface area contributed by atoms with Crippen LogP contribution in [0.25, 0.3) is 0 Å². The van der Waals surface area contributed by atoms with Crippen LogP contribution in [0.3, 0.4) is 0 Å². The number of halogens is 1. The summed E-state index contributed by atoms with van der Waals surface area (Å²) in [6, 6.07) is 10.6. The minimum Gasteiger partial charge on any atom is -0.485 e. The van der Waals surface area contributed by atoms with Gasteiger partial charge in [0.25, 0.3) is 11.6 Å². The zero-order valence-corrected chi connectivity index (χ0v) is 14.5. The van der Waals surface area contributed by atoms with Gasteiger partial charge in [-0.25, -0.2) is 4.79 Å². The molecule has 0 radical (unpaired) electrons. The Labute approximate surface area is 157 Å². The van der Waals surface area contributed by atoms with Crippen LogP contribution in [-0.4, -0.2) is 36.1 Å². The van der Waals surface area contributed by atoms with Gasteiger partial charge in [-0.15, -0.1) is 0 Å². The molecule has 1 aliphatic heterocycles. The number of nitro benzene ring substituents is 1.